The molecule has 1 aromatic carbocycles. The summed E-state index contributed by atoms with van der Waals surface area (Å²) < 4.78 is 25.9. The molecule has 1 aliphatic rings. The third-order valence-corrected chi connectivity index (χ3v) is 3.38. The average molecular weight is 240 g/mol. The summed E-state index contributed by atoms with van der Waals surface area (Å²) in [5.74, 6) is -0.859. The molecule has 0 aromatic heterocycles. The first kappa shape index (κ1) is 12.3. The topological polar surface area (TPSA) is 15.3 Å². The van der Waals surface area contributed by atoms with Crippen molar-refractivity contribution < 1.29 is 8.78 Å². The zero-order valence-corrected chi connectivity index (χ0v) is 10.0. The van der Waals surface area contributed by atoms with Gasteiger partial charge in [-0.25, -0.2) is 8.78 Å². The van der Waals surface area contributed by atoms with Crippen LogP contribution in [0.25, 0.3) is 0 Å². The normalized spacial score (nSPS) is 19.6. The monoisotopic (exact) mass is 240 g/mol. The van der Waals surface area contributed by atoms with Gasteiger partial charge in [-0.1, -0.05) is 0 Å². The number of nitrogens with zero attached hydrogens (tertiary/aromatic N) is 1. The standard InChI is InChI=1S/C13H18F2N2/c1-17(7-5-10-4-6-16-9-10)11-2-3-12(14)13(15)8-11/h2-3,8,10,16H,4-7,9H2,1H3. The van der Waals surface area contributed by atoms with Gasteiger partial charge >= 0.3 is 0 Å². The Balaban J connectivity index is 1.89. The summed E-state index contributed by atoms with van der Waals surface area (Å²) in [7, 11) is 1.91. The second-order valence-corrected chi connectivity index (χ2v) is 4.67. The van der Waals surface area contributed by atoms with Gasteiger partial charge in [0.25, 0.3) is 0 Å². The maximum absolute atomic E-state index is 13.1. The molecule has 0 radical (unpaired) electrons. The van der Waals surface area contributed by atoms with E-state index in [9.17, 15) is 8.78 Å². The molecule has 1 atom stereocenters. The van der Waals surface area contributed by atoms with Crippen molar-refractivity contribution in [1.82, 2.24) is 5.32 Å². The summed E-state index contributed by atoms with van der Waals surface area (Å²) in [6.45, 7) is 3.04. The van der Waals surface area contributed by atoms with Crippen molar-refractivity contribution in [1.29, 1.82) is 0 Å². The van der Waals surface area contributed by atoms with E-state index in [1.807, 2.05) is 11.9 Å². The van der Waals surface area contributed by atoms with Gasteiger partial charge in [0.05, 0.1) is 0 Å². The summed E-state index contributed by atoms with van der Waals surface area (Å²) in [5.41, 5.74) is 0.731. The smallest absolute Gasteiger partial charge is 0.160 e. The quantitative estimate of drug-likeness (QED) is 0.869. The van der Waals surface area contributed by atoms with Gasteiger partial charge in [0.1, 0.15) is 0 Å². The Kier molecular flexibility index (Phi) is 3.94. The first-order valence-electron chi connectivity index (χ1n) is 6.03. The van der Waals surface area contributed by atoms with Crippen molar-refractivity contribution in [2.75, 3.05) is 31.6 Å². The molecule has 0 saturated carbocycles. The lowest BCUT2D eigenvalue weighted by atomic mass is 10.0. The highest BCUT2D eigenvalue weighted by atomic mass is 19.2. The molecule has 1 saturated heterocycles. The lowest BCUT2D eigenvalue weighted by molar-refractivity contribution is 0.507. The van der Waals surface area contributed by atoms with Gasteiger partial charge in [-0.2, -0.15) is 0 Å². The molecule has 0 spiro atoms. The summed E-state index contributed by atoms with van der Waals surface area (Å²) in [6, 6.07) is 4.05. The SMILES string of the molecule is CN(CCC1CCNC1)c1ccc(F)c(F)c1. The number of hydrogen-bond acceptors (Lipinski definition) is 2. The molecule has 0 amide bonds. The maximum atomic E-state index is 13.1. The molecule has 1 aliphatic heterocycles. The Morgan fingerprint density at radius 3 is 2.82 bits per heavy atom. The molecule has 94 valence electrons. The van der Waals surface area contributed by atoms with Crippen LogP contribution in [0.3, 0.4) is 0 Å². The van der Waals surface area contributed by atoms with Gasteiger partial charge in [-0.3, -0.25) is 0 Å². The molecular weight excluding hydrogens is 222 g/mol. The summed E-state index contributed by atoms with van der Waals surface area (Å²) >= 11 is 0. The Labute approximate surface area is 101 Å². The highest BCUT2D eigenvalue weighted by molar-refractivity contribution is 5.45. The molecule has 1 heterocycles. The van der Waals surface area contributed by atoms with Crippen molar-refractivity contribution in [3.63, 3.8) is 0 Å². The molecule has 1 unspecified atom stereocenters. The number of nitrogens with one attached hydrogen (secondary N) is 1. The average Bonchev–Trinajstić information content (AvgIpc) is 2.82. The molecule has 1 fully saturated rings. The van der Waals surface area contributed by atoms with E-state index in [2.05, 4.69) is 5.32 Å². The lowest BCUT2D eigenvalue weighted by Gasteiger charge is -2.21. The second kappa shape index (κ2) is 5.45. The first-order chi connectivity index (χ1) is 8.16. The molecule has 2 rings (SSSR count). The minimum absolute atomic E-state index is 0.711. The molecule has 0 bridgehead atoms. The summed E-state index contributed by atoms with van der Waals surface area (Å²) in [5, 5.41) is 3.32. The van der Waals surface area contributed by atoms with Crippen LogP contribution in [-0.2, 0) is 0 Å². The Bertz CT molecular complexity index is 376. The Morgan fingerprint density at radius 1 is 1.35 bits per heavy atom. The van der Waals surface area contributed by atoms with E-state index >= 15 is 0 Å². The van der Waals surface area contributed by atoms with E-state index in [1.165, 1.54) is 18.6 Å². The van der Waals surface area contributed by atoms with E-state index in [0.717, 1.165) is 31.7 Å². The van der Waals surface area contributed by atoms with Crippen LogP contribution >= 0.6 is 0 Å². The van der Waals surface area contributed by atoms with Crippen LogP contribution in [-0.4, -0.2) is 26.7 Å². The van der Waals surface area contributed by atoms with Crippen molar-refractivity contribution in [2.24, 2.45) is 5.92 Å². The predicted molar refractivity (Wildman–Crippen MR) is 65.2 cm³/mol. The third-order valence-electron chi connectivity index (χ3n) is 3.38. The molecular formula is C13H18F2N2. The van der Waals surface area contributed by atoms with Crippen LogP contribution in [0.1, 0.15) is 12.8 Å². The molecule has 2 nitrogen and oxygen atoms in total. The zero-order valence-electron chi connectivity index (χ0n) is 10.0. The number of benzene rings is 1. The fourth-order valence-corrected chi connectivity index (χ4v) is 2.19. The zero-order chi connectivity index (χ0) is 12.3. The Hall–Kier alpha value is -1.16. The van der Waals surface area contributed by atoms with Crippen LogP contribution in [0, 0.1) is 17.6 Å². The highest BCUT2D eigenvalue weighted by Gasteiger charge is 2.15. The van der Waals surface area contributed by atoms with Crippen molar-refractivity contribution >= 4 is 5.69 Å². The minimum Gasteiger partial charge on any atom is -0.375 e. The highest BCUT2D eigenvalue weighted by Crippen LogP contribution is 2.19. The predicted octanol–water partition coefficient (Wildman–Crippen LogP) is 2.40. The van der Waals surface area contributed by atoms with Crippen LogP contribution in [0.2, 0.25) is 0 Å². The van der Waals surface area contributed by atoms with Crippen molar-refractivity contribution in [2.45, 2.75) is 12.8 Å². The second-order valence-electron chi connectivity index (χ2n) is 4.67. The van der Waals surface area contributed by atoms with Crippen molar-refractivity contribution in [3.8, 4) is 0 Å². The number of halogens is 2. The van der Waals surface area contributed by atoms with E-state index < -0.39 is 11.6 Å². The molecule has 0 aliphatic carbocycles. The Morgan fingerprint density at radius 2 is 2.18 bits per heavy atom. The number of hydrogen-bond donors (Lipinski definition) is 1. The van der Waals surface area contributed by atoms with Gasteiger partial charge in [-0.05, 0) is 44.0 Å². The fraction of sp³-hybridized carbons (Fsp3) is 0.538. The summed E-state index contributed by atoms with van der Waals surface area (Å²) in [6.07, 6.45) is 2.30. The van der Waals surface area contributed by atoms with Gasteiger partial charge in [-0.15, -0.1) is 0 Å². The van der Waals surface area contributed by atoms with Crippen LogP contribution in [0.4, 0.5) is 14.5 Å². The van der Waals surface area contributed by atoms with Crippen LogP contribution < -0.4 is 10.2 Å². The minimum atomic E-state index is -0.790. The first-order valence-corrected chi connectivity index (χ1v) is 6.03. The molecule has 1 N–H and O–H groups in total. The van der Waals surface area contributed by atoms with E-state index in [1.54, 1.807) is 6.07 Å². The van der Waals surface area contributed by atoms with E-state index in [4.69, 9.17) is 0 Å². The van der Waals surface area contributed by atoms with Crippen LogP contribution in [0.15, 0.2) is 18.2 Å². The fourth-order valence-electron chi connectivity index (χ4n) is 2.19. The number of anilines is 1. The van der Waals surface area contributed by atoms with Gasteiger partial charge < -0.3 is 10.2 Å². The lowest BCUT2D eigenvalue weighted by Crippen LogP contribution is -2.22. The van der Waals surface area contributed by atoms with Crippen LogP contribution in [0.5, 0.6) is 0 Å². The van der Waals surface area contributed by atoms with Crippen molar-refractivity contribution in [3.05, 3.63) is 29.8 Å². The van der Waals surface area contributed by atoms with Gasteiger partial charge in [0.2, 0.25) is 0 Å². The van der Waals surface area contributed by atoms with Gasteiger partial charge in [0, 0.05) is 25.3 Å². The largest absolute Gasteiger partial charge is 0.375 e. The molecule has 17 heavy (non-hydrogen) atoms. The number of rotatable bonds is 4. The molecule has 1 aromatic rings. The van der Waals surface area contributed by atoms with E-state index in [-0.39, 0.29) is 0 Å². The van der Waals surface area contributed by atoms with E-state index in [0.29, 0.717) is 5.92 Å². The maximum Gasteiger partial charge on any atom is 0.160 e. The third kappa shape index (κ3) is 3.16. The van der Waals surface area contributed by atoms with Gasteiger partial charge in [0.15, 0.2) is 11.6 Å². The molecule has 4 heteroatoms. The summed E-state index contributed by atoms with van der Waals surface area (Å²) in [4.78, 5) is 1.97.